The van der Waals surface area contributed by atoms with E-state index in [9.17, 15) is 4.79 Å². The second-order valence-electron chi connectivity index (χ2n) is 5.45. The molecular weight excluding hydrogens is 260 g/mol. The number of carbonyl (C=O) groups excluding carboxylic acids is 1. The Labute approximate surface area is 126 Å². The molecule has 1 unspecified atom stereocenters. The first-order valence-corrected chi connectivity index (χ1v) is 7.18. The highest BCUT2D eigenvalue weighted by Crippen LogP contribution is 2.23. The highest BCUT2D eigenvalue weighted by atomic mass is 16.2. The number of aryl methyl sites for hydroxylation is 1. The number of hydrogen-bond donors (Lipinski definition) is 1. The Bertz CT molecular complexity index is 603. The van der Waals surface area contributed by atoms with E-state index in [4.69, 9.17) is 5.73 Å². The third-order valence-electron chi connectivity index (χ3n) is 3.85. The van der Waals surface area contributed by atoms with E-state index >= 15 is 0 Å². The van der Waals surface area contributed by atoms with Crippen LogP contribution in [0.1, 0.15) is 25.0 Å². The van der Waals surface area contributed by atoms with E-state index in [-0.39, 0.29) is 5.91 Å². The number of amides is 1. The maximum Gasteiger partial charge on any atom is 0.251 e. The van der Waals surface area contributed by atoms with Crippen LogP contribution >= 0.6 is 0 Å². The minimum Gasteiger partial charge on any atom is -0.314 e. The monoisotopic (exact) mass is 282 g/mol. The quantitative estimate of drug-likeness (QED) is 0.936. The van der Waals surface area contributed by atoms with Gasteiger partial charge in [-0.05, 0) is 36.6 Å². The van der Waals surface area contributed by atoms with E-state index in [1.165, 1.54) is 5.56 Å². The lowest BCUT2D eigenvalue weighted by atomic mass is 9.91. The average Bonchev–Trinajstić information content (AvgIpc) is 2.54. The third-order valence-corrected chi connectivity index (χ3v) is 3.85. The summed E-state index contributed by atoms with van der Waals surface area (Å²) < 4.78 is 0. The normalized spacial score (nSPS) is 13.5. The summed E-state index contributed by atoms with van der Waals surface area (Å²) in [5.74, 6) is -0.127. The maximum absolute atomic E-state index is 12.7. The Morgan fingerprint density at radius 1 is 1.10 bits per heavy atom. The molecule has 3 nitrogen and oxygen atoms in total. The molecule has 0 heterocycles. The highest BCUT2D eigenvalue weighted by molar-refractivity contribution is 6.00. The molecule has 2 aromatic carbocycles. The summed E-state index contributed by atoms with van der Waals surface area (Å²) in [7, 11) is 1.76. The van der Waals surface area contributed by atoms with Gasteiger partial charge in [-0.2, -0.15) is 0 Å². The topological polar surface area (TPSA) is 46.3 Å². The standard InChI is InChI=1S/C18H22N2O/c1-4-14-10-12-16(13-11-14)20(3)17(21)18(2,19)15-8-6-5-7-9-15/h5-13H,4,19H2,1-3H3. The van der Waals surface area contributed by atoms with E-state index in [1.807, 2.05) is 54.6 Å². The predicted molar refractivity (Wildman–Crippen MR) is 87.2 cm³/mol. The average molecular weight is 282 g/mol. The number of hydrogen-bond acceptors (Lipinski definition) is 2. The van der Waals surface area contributed by atoms with Crippen molar-refractivity contribution in [2.45, 2.75) is 25.8 Å². The van der Waals surface area contributed by atoms with Gasteiger partial charge in [-0.25, -0.2) is 0 Å². The van der Waals surface area contributed by atoms with Crippen molar-refractivity contribution in [2.24, 2.45) is 5.73 Å². The second kappa shape index (κ2) is 6.10. The number of nitrogens with zero attached hydrogens (tertiary/aromatic N) is 1. The number of anilines is 1. The molecule has 110 valence electrons. The zero-order valence-corrected chi connectivity index (χ0v) is 12.8. The van der Waals surface area contributed by atoms with Gasteiger partial charge in [-0.1, -0.05) is 49.4 Å². The molecule has 0 aliphatic carbocycles. The van der Waals surface area contributed by atoms with E-state index in [0.29, 0.717) is 0 Å². The highest BCUT2D eigenvalue weighted by Gasteiger charge is 2.33. The molecule has 2 rings (SSSR count). The lowest BCUT2D eigenvalue weighted by molar-refractivity contribution is -0.123. The Balaban J connectivity index is 2.25. The number of nitrogens with two attached hydrogens (primary N) is 1. The van der Waals surface area contributed by atoms with Gasteiger partial charge >= 0.3 is 0 Å². The van der Waals surface area contributed by atoms with Crippen LogP contribution in [0.4, 0.5) is 5.69 Å². The molecule has 2 aromatic rings. The smallest absolute Gasteiger partial charge is 0.251 e. The number of likely N-dealkylation sites (N-methyl/N-ethyl adjacent to an activating group) is 1. The Kier molecular flexibility index (Phi) is 4.43. The fraction of sp³-hybridized carbons (Fsp3) is 0.278. The minimum atomic E-state index is -1.04. The molecule has 21 heavy (non-hydrogen) atoms. The van der Waals surface area contributed by atoms with Gasteiger partial charge in [-0.15, -0.1) is 0 Å². The summed E-state index contributed by atoms with van der Waals surface area (Å²) in [6.45, 7) is 3.86. The first kappa shape index (κ1) is 15.3. The van der Waals surface area contributed by atoms with Gasteiger partial charge < -0.3 is 10.6 Å². The van der Waals surface area contributed by atoms with E-state index in [2.05, 4.69) is 6.92 Å². The Morgan fingerprint density at radius 2 is 1.67 bits per heavy atom. The number of benzene rings is 2. The molecule has 0 fully saturated rings. The first-order valence-electron chi connectivity index (χ1n) is 7.18. The van der Waals surface area contributed by atoms with Crippen LogP contribution < -0.4 is 10.6 Å². The van der Waals surface area contributed by atoms with Crippen LogP contribution in [0.5, 0.6) is 0 Å². The lowest BCUT2D eigenvalue weighted by Gasteiger charge is -2.29. The molecule has 0 saturated heterocycles. The fourth-order valence-corrected chi connectivity index (χ4v) is 2.33. The SMILES string of the molecule is CCc1ccc(N(C)C(=O)C(C)(N)c2ccccc2)cc1. The lowest BCUT2D eigenvalue weighted by Crippen LogP contribution is -2.49. The van der Waals surface area contributed by atoms with Crippen molar-refractivity contribution in [3.05, 3.63) is 65.7 Å². The van der Waals surface area contributed by atoms with Crippen molar-refractivity contribution < 1.29 is 4.79 Å². The van der Waals surface area contributed by atoms with E-state index < -0.39 is 5.54 Å². The molecule has 1 amide bonds. The van der Waals surface area contributed by atoms with E-state index in [0.717, 1.165) is 17.7 Å². The Hall–Kier alpha value is -2.13. The summed E-state index contributed by atoms with van der Waals surface area (Å²) >= 11 is 0. The molecule has 0 radical (unpaired) electrons. The molecule has 0 aliphatic heterocycles. The van der Waals surface area contributed by atoms with E-state index in [1.54, 1.807) is 18.9 Å². The third kappa shape index (κ3) is 3.14. The summed E-state index contributed by atoms with van der Waals surface area (Å²) in [5, 5.41) is 0. The molecule has 1 atom stereocenters. The van der Waals surface area contributed by atoms with Gasteiger partial charge in [0.15, 0.2) is 0 Å². The minimum absolute atomic E-state index is 0.127. The Morgan fingerprint density at radius 3 is 2.19 bits per heavy atom. The summed E-state index contributed by atoms with van der Waals surface area (Å²) in [6.07, 6.45) is 0.983. The fourth-order valence-electron chi connectivity index (χ4n) is 2.33. The van der Waals surface area contributed by atoms with Crippen molar-refractivity contribution in [2.75, 3.05) is 11.9 Å². The molecule has 0 saturated carbocycles. The molecule has 0 aliphatic rings. The van der Waals surface area contributed by atoms with Crippen LogP contribution in [0.15, 0.2) is 54.6 Å². The van der Waals surface area contributed by atoms with Crippen LogP contribution in [0.2, 0.25) is 0 Å². The zero-order chi connectivity index (χ0) is 15.5. The van der Waals surface area contributed by atoms with Crippen LogP contribution in [-0.2, 0) is 16.8 Å². The predicted octanol–water partition coefficient (Wildman–Crippen LogP) is 3.09. The largest absolute Gasteiger partial charge is 0.314 e. The van der Waals surface area contributed by atoms with Gasteiger partial charge in [0, 0.05) is 12.7 Å². The van der Waals surface area contributed by atoms with Gasteiger partial charge in [0.1, 0.15) is 5.54 Å². The number of rotatable bonds is 4. The summed E-state index contributed by atoms with van der Waals surface area (Å²) in [4.78, 5) is 14.3. The first-order chi connectivity index (χ1) is 9.96. The zero-order valence-electron chi connectivity index (χ0n) is 12.8. The molecule has 0 aromatic heterocycles. The molecule has 0 spiro atoms. The van der Waals surface area contributed by atoms with Crippen LogP contribution in [0.3, 0.4) is 0 Å². The van der Waals surface area contributed by atoms with Crippen LogP contribution in [0, 0.1) is 0 Å². The van der Waals surface area contributed by atoms with Gasteiger partial charge in [0.25, 0.3) is 5.91 Å². The maximum atomic E-state index is 12.7. The van der Waals surface area contributed by atoms with Crippen molar-refractivity contribution in [3.8, 4) is 0 Å². The van der Waals surface area contributed by atoms with Crippen molar-refractivity contribution in [3.63, 3.8) is 0 Å². The molecular formula is C18H22N2O. The van der Waals surface area contributed by atoms with Crippen LogP contribution in [0.25, 0.3) is 0 Å². The van der Waals surface area contributed by atoms with Crippen molar-refractivity contribution in [1.82, 2.24) is 0 Å². The van der Waals surface area contributed by atoms with Gasteiger partial charge in [-0.3, -0.25) is 4.79 Å². The van der Waals surface area contributed by atoms with Crippen LogP contribution in [-0.4, -0.2) is 13.0 Å². The van der Waals surface area contributed by atoms with Crippen molar-refractivity contribution in [1.29, 1.82) is 0 Å². The molecule has 2 N–H and O–H groups in total. The summed E-state index contributed by atoms with van der Waals surface area (Å²) in [6, 6.07) is 17.4. The second-order valence-corrected chi connectivity index (χ2v) is 5.45. The van der Waals surface area contributed by atoms with Gasteiger partial charge in [0.2, 0.25) is 0 Å². The molecule has 0 bridgehead atoms. The molecule has 3 heteroatoms. The van der Waals surface area contributed by atoms with Gasteiger partial charge in [0.05, 0.1) is 0 Å². The van der Waals surface area contributed by atoms with Crippen molar-refractivity contribution >= 4 is 11.6 Å². The number of carbonyl (C=O) groups is 1. The summed E-state index contributed by atoms with van der Waals surface area (Å²) in [5.41, 5.74) is 8.15.